The second-order valence-electron chi connectivity index (χ2n) is 2.86. The summed E-state index contributed by atoms with van der Waals surface area (Å²) in [5.74, 6) is -1.01. The molecule has 14 heavy (non-hydrogen) atoms. The number of nitrogens with zero attached hydrogens (tertiary/aromatic N) is 2. The van der Waals surface area contributed by atoms with Gasteiger partial charge in [-0.25, -0.2) is 14.6 Å². The van der Waals surface area contributed by atoms with Crippen LogP contribution in [0, 0.1) is 0 Å². The monoisotopic (exact) mass is 194 g/mol. The zero-order valence-electron chi connectivity index (χ0n) is 7.67. The Morgan fingerprint density at radius 3 is 3.00 bits per heavy atom. The van der Waals surface area contributed by atoms with Gasteiger partial charge in [-0.15, -0.1) is 0 Å². The fraction of sp³-hybridized carbons (Fsp3) is 0.222. The molecule has 0 aromatic carbocycles. The van der Waals surface area contributed by atoms with E-state index in [-0.39, 0.29) is 12.2 Å². The highest BCUT2D eigenvalue weighted by Crippen LogP contribution is 1.95. The summed E-state index contributed by atoms with van der Waals surface area (Å²) in [5.41, 5.74) is 0.207. The van der Waals surface area contributed by atoms with Gasteiger partial charge in [-0.1, -0.05) is 0 Å². The van der Waals surface area contributed by atoms with Crippen LogP contribution >= 0.6 is 0 Å². The van der Waals surface area contributed by atoms with E-state index in [0.717, 1.165) is 6.08 Å². The molecule has 0 fully saturated rings. The Labute approximate surface area is 80.3 Å². The summed E-state index contributed by atoms with van der Waals surface area (Å²) in [6, 6.07) is 1.62. The van der Waals surface area contributed by atoms with Crippen molar-refractivity contribution in [1.82, 2.24) is 9.55 Å². The minimum Gasteiger partial charge on any atom is -0.478 e. The molecule has 74 valence electrons. The van der Waals surface area contributed by atoms with E-state index in [2.05, 4.69) is 4.98 Å². The predicted octanol–water partition coefficient (Wildman–Crippen LogP) is 0.274. The van der Waals surface area contributed by atoms with Crippen LogP contribution in [0.5, 0.6) is 0 Å². The molecule has 0 radical (unpaired) electrons. The second-order valence-corrected chi connectivity index (χ2v) is 2.86. The molecular weight excluding hydrogens is 184 g/mol. The van der Waals surface area contributed by atoms with Crippen molar-refractivity contribution < 1.29 is 9.90 Å². The number of hydrogen-bond donors (Lipinski definition) is 1. The molecule has 0 aliphatic rings. The number of carboxylic acid groups (broad SMARTS) is 1. The molecule has 0 spiro atoms. The highest BCUT2D eigenvalue weighted by atomic mass is 16.4. The number of hydrogen-bond acceptors (Lipinski definition) is 3. The first-order chi connectivity index (χ1) is 6.59. The Morgan fingerprint density at radius 1 is 1.71 bits per heavy atom. The molecule has 0 aliphatic heterocycles. The van der Waals surface area contributed by atoms with Crippen molar-refractivity contribution in [2.45, 2.75) is 13.5 Å². The highest BCUT2D eigenvalue weighted by Gasteiger charge is 1.98. The maximum absolute atomic E-state index is 11.1. The number of carbonyl (C=O) groups is 1. The van der Waals surface area contributed by atoms with Gasteiger partial charge in [0.15, 0.2) is 0 Å². The average Bonchev–Trinajstić information content (AvgIpc) is 2.07. The molecule has 0 amide bonds. The van der Waals surface area contributed by atoms with Gasteiger partial charge in [0, 0.05) is 25.0 Å². The number of rotatable bonds is 3. The molecule has 0 saturated carbocycles. The van der Waals surface area contributed by atoms with Gasteiger partial charge in [-0.05, 0) is 18.6 Å². The SMILES string of the molecule is CC(=CC(=O)O)Cn1cccnc1=O. The summed E-state index contributed by atoms with van der Waals surface area (Å²) >= 11 is 0. The maximum Gasteiger partial charge on any atom is 0.347 e. The molecule has 1 heterocycles. The summed E-state index contributed by atoms with van der Waals surface area (Å²) in [4.78, 5) is 25.0. The van der Waals surface area contributed by atoms with Crippen LogP contribution in [-0.4, -0.2) is 20.6 Å². The second kappa shape index (κ2) is 4.36. The molecule has 0 bridgehead atoms. The Kier molecular flexibility index (Phi) is 3.17. The van der Waals surface area contributed by atoms with Crippen LogP contribution in [0.1, 0.15) is 6.92 Å². The lowest BCUT2D eigenvalue weighted by Gasteiger charge is -2.02. The first-order valence-electron chi connectivity index (χ1n) is 4.01. The molecule has 0 saturated heterocycles. The van der Waals surface area contributed by atoms with Crippen LogP contribution in [0.15, 0.2) is 34.9 Å². The molecule has 0 unspecified atom stereocenters. The molecular formula is C9H10N2O3. The van der Waals surface area contributed by atoms with E-state index in [1.807, 2.05) is 0 Å². The topological polar surface area (TPSA) is 72.2 Å². The Morgan fingerprint density at radius 2 is 2.43 bits per heavy atom. The fourth-order valence-electron chi connectivity index (χ4n) is 1.03. The summed E-state index contributed by atoms with van der Waals surface area (Å²) in [7, 11) is 0. The summed E-state index contributed by atoms with van der Waals surface area (Å²) in [6.45, 7) is 1.90. The Bertz CT molecular complexity index is 420. The fourth-order valence-corrected chi connectivity index (χ4v) is 1.03. The standard InChI is InChI=1S/C9H10N2O3/c1-7(5-8(12)13)6-11-4-2-3-10-9(11)14/h2-5H,6H2,1H3,(H,12,13). The van der Waals surface area contributed by atoms with Gasteiger partial charge in [-0.3, -0.25) is 4.57 Å². The van der Waals surface area contributed by atoms with Crippen LogP contribution in [0.3, 0.4) is 0 Å². The molecule has 1 aromatic rings. The van der Waals surface area contributed by atoms with Crippen molar-refractivity contribution in [2.75, 3.05) is 0 Å². The normalized spacial score (nSPS) is 11.4. The zero-order valence-corrected chi connectivity index (χ0v) is 7.67. The molecule has 1 N–H and O–H groups in total. The van der Waals surface area contributed by atoms with Gasteiger partial charge in [0.1, 0.15) is 0 Å². The third kappa shape index (κ3) is 2.85. The minimum atomic E-state index is -1.01. The van der Waals surface area contributed by atoms with Crippen LogP contribution < -0.4 is 5.69 Å². The van der Waals surface area contributed by atoms with Crippen LogP contribution in [0.2, 0.25) is 0 Å². The summed E-state index contributed by atoms with van der Waals surface area (Å²) < 4.78 is 1.34. The lowest BCUT2D eigenvalue weighted by atomic mass is 10.3. The third-order valence-electron chi connectivity index (χ3n) is 1.57. The first-order valence-corrected chi connectivity index (χ1v) is 4.01. The van der Waals surface area contributed by atoms with Gasteiger partial charge < -0.3 is 5.11 Å². The van der Waals surface area contributed by atoms with Gasteiger partial charge in [0.25, 0.3) is 0 Å². The van der Waals surface area contributed by atoms with Gasteiger partial charge in [0.2, 0.25) is 0 Å². The molecule has 0 aliphatic carbocycles. The quantitative estimate of drug-likeness (QED) is 0.701. The zero-order chi connectivity index (χ0) is 10.6. The number of aliphatic carboxylic acids is 1. The average molecular weight is 194 g/mol. The first kappa shape index (κ1) is 10.2. The van der Waals surface area contributed by atoms with Crippen molar-refractivity contribution in [2.24, 2.45) is 0 Å². The van der Waals surface area contributed by atoms with E-state index in [1.165, 1.54) is 10.8 Å². The van der Waals surface area contributed by atoms with E-state index in [1.54, 1.807) is 19.2 Å². The largest absolute Gasteiger partial charge is 0.478 e. The molecule has 5 nitrogen and oxygen atoms in total. The van der Waals surface area contributed by atoms with Gasteiger partial charge >= 0.3 is 11.7 Å². The minimum absolute atomic E-state index is 0.249. The Hall–Kier alpha value is -1.91. The van der Waals surface area contributed by atoms with E-state index in [0.29, 0.717) is 5.57 Å². The molecule has 1 aromatic heterocycles. The van der Waals surface area contributed by atoms with Crippen LogP contribution in [0.4, 0.5) is 0 Å². The third-order valence-corrected chi connectivity index (χ3v) is 1.57. The highest BCUT2D eigenvalue weighted by molar-refractivity contribution is 5.80. The Balaban J connectivity index is 2.85. The van der Waals surface area contributed by atoms with Crippen molar-refractivity contribution in [3.05, 3.63) is 40.6 Å². The van der Waals surface area contributed by atoms with Crippen molar-refractivity contribution in [1.29, 1.82) is 0 Å². The van der Waals surface area contributed by atoms with Crippen molar-refractivity contribution in [3.8, 4) is 0 Å². The van der Waals surface area contributed by atoms with Gasteiger partial charge in [0.05, 0.1) is 0 Å². The predicted molar refractivity (Wildman–Crippen MR) is 49.9 cm³/mol. The number of allylic oxidation sites excluding steroid dienone is 1. The van der Waals surface area contributed by atoms with Crippen LogP contribution in [-0.2, 0) is 11.3 Å². The van der Waals surface area contributed by atoms with E-state index in [9.17, 15) is 9.59 Å². The lowest BCUT2D eigenvalue weighted by molar-refractivity contribution is -0.131. The van der Waals surface area contributed by atoms with E-state index >= 15 is 0 Å². The van der Waals surface area contributed by atoms with Gasteiger partial charge in [-0.2, -0.15) is 0 Å². The maximum atomic E-state index is 11.1. The molecule has 0 atom stereocenters. The van der Waals surface area contributed by atoms with E-state index < -0.39 is 5.97 Å². The number of carboxylic acids is 1. The lowest BCUT2D eigenvalue weighted by Crippen LogP contribution is -2.22. The van der Waals surface area contributed by atoms with Crippen LogP contribution in [0.25, 0.3) is 0 Å². The molecule has 5 heteroatoms. The van der Waals surface area contributed by atoms with Crippen molar-refractivity contribution in [3.63, 3.8) is 0 Å². The van der Waals surface area contributed by atoms with E-state index in [4.69, 9.17) is 5.11 Å². The summed E-state index contributed by atoms with van der Waals surface area (Å²) in [6.07, 6.45) is 4.03. The smallest absolute Gasteiger partial charge is 0.347 e. The van der Waals surface area contributed by atoms with Crippen molar-refractivity contribution >= 4 is 5.97 Å². The summed E-state index contributed by atoms with van der Waals surface area (Å²) in [5, 5.41) is 8.45. The molecule has 1 rings (SSSR count). The number of aromatic nitrogens is 2.